The molecule has 17 heteroatoms. The summed E-state index contributed by atoms with van der Waals surface area (Å²) in [5, 5.41) is 0. The van der Waals surface area contributed by atoms with E-state index in [0.717, 1.165) is 50.7 Å². The van der Waals surface area contributed by atoms with Crippen molar-refractivity contribution in [2.75, 3.05) is 19.6 Å². The van der Waals surface area contributed by atoms with Crippen molar-refractivity contribution in [1.29, 1.82) is 0 Å². The lowest BCUT2D eigenvalue weighted by Crippen LogP contribution is -2.51. The fourth-order valence-corrected chi connectivity index (χ4v) is 6.34. The average Bonchev–Trinajstić information content (AvgIpc) is 3.17. The Labute approximate surface area is 324 Å². The lowest BCUT2D eigenvalue weighted by molar-refractivity contribution is -0.953. The van der Waals surface area contributed by atoms with Gasteiger partial charge in [-0.1, -0.05) is 45.4 Å². The summed E-state index contributed by atoms with van der Waals surface area (Å²) in [7, 11) is -2.33. The van der Waals surface area contributed by atoms with Gasteiger partial charge in [0.1, 0.15) is 23.3 Å². The van der Waals surface area contributed by atoms with E-state index >= 15 is 4.39 Å². The van der Waals surface area contributed by atoms with Crippen molar-refractivity contribution in [3.05, 3.63) is 124 Å². The number of quaternary nitrogens is 1. The minimum absolute atomic E-state index is 0.226. The number of rotatable bonds is 19. The first-order valence-corrected chi connectivity index (χ1v) is 18.4. The van der Waals surface area contributed by atoms with Gasteiger partial charge >= 0.3 is 7.32 Å². The summed E-state index contributed by atoms with van der Waals surface area (Å²) < 4.78 is 182. The van der Waals surface area contributed by atoms with E-state index in [1.165, 1.54) is 0 Å². The van der Waals surface area contributed by atoms with E-state index < -0.39 is 100 Å². The molecule has 4 rings (SSSR count). The minimum Gasteiger partial charge on any atom is -0.489 e. The Balaban J connectivity index is 0.000000847. The summed E-state index contributed by atoms with van der Waals surface area (Å²) in [6, 6.07) is 4.87. The number of benzene rings is 4. The van der Waals surface area contributed by atoms with Gasteiger partial charge in [0, 0.05) is 48.4 Å². The Bertz CT molecular complexity index is 1800. The van der Waals surface area contributed by atoms with Crippen LogP contribution in [0.25, 0.3) is 0 Å². The highest BCUT2D eigenvalue weighted by Crippen LogP contribution is 2.42. The van der Waals surface area contributed by atoms with Crippen LogP contribution >= 0.6 is 0 Å². The van der Waals surface area contributed by atoms with Crippen LogP contribution in [-0.4, -0.2) is 31.4 Å². The fraction of sp³-hybridized carbons (Fsp3) is 0.400. The second-order valence-corrected chi connectivity index (χ2v) is 13.0. The normalized spacial score (nSPS) is 11.9. The van der Waals surface area contributed by atoms with E-state index in [9.17, 15) is 48.3 Å². The molecule has 0 fully saturated rings. The van der Waals surface area contributed by atoms with Crippen LogP contribution in [0.2, 0.25) is 0 Å². The third-order valence-corrected chi connectivity index (χ3v) is 9.57. The summed E-state index contributed by atoms with van der Waals surface area (Å²) in [5.74, 6) is -21.4. The quantitative estimate of drug-likeness (QED) is 0.0235. The van der Waals surface area contributed by atoms with Gasteiger partial charge in [0.05, 0.1) is 31.0 Å². The Morgan fingerprint density at radius 1 is 0.491 bits per heavy atom. The molecule has 57 heavy (non-hydrogen) atoms. The first kappa shape index (κ1) is 46.8. The summed E-state index contributed by atoms with van der Waals surface area (Å²) in [5.41, 5.74) is -0.379. The second-order valence-electron chi connectivity index (χ2n) is 13.0. The topological polar surface area (TPSA) is 27.7 Å². The van der Waals surface area contributed by atoms with Crippen LogP contribution in [0.1, 0.15) is 90.7 Å². The Kier molecular flexibility index (Phi) is 17.9. The molecular formula is C40H42BF12NO3. The van der Waals surface area contributed by atoms with Gasteiger partial charge in [0.15, 0.2) is 52.4 Å². The van der Waals surface area contributed by atoms with Crippen LogP contribution in [0.15, 0.2) is 42.5 Å². The molecule has 312 valence electrons. The molecule has 0 aliphatic carbocycles. The molecule has 0 aromatic heterocycles. The Morgan fingerprint density at radius 2 is 0.895 bits per heavy atom. The first-order chi connectivity index (χ1) is 27.0. The standard InChI is InChI=1S/C34H40BF9NO3.C6H2F3/c1-5-9-10-11-12-13-14-15-28(45(6-2,7-3)8-4)30-29(20-27(40)33(43)34(30)44)48-35(46-21-16-23(36)31(41)24(37)17-21)47-22-18-25(38)32(42)26(39)19-22;7-4-2-1-3-5(8)6(4)9/h16-20,28H,5-15H2,1-4H3;2-3H/q+1;-1. The van der Waals surface area contributed by atoms with Gasteiger partial charge in [-0.2, -0.15) is 6.07 Å². The highest BCUT2D eigenvalue weighted by atomic mass is 19.2. The lowest BCUT2D eigenvalue weighted by atomic mass is 9.93. The van der Waals surface area contributed by atoms with E-state index in [1.807, 2.05) is 20.8 Å². The summed E-state index contributed by atoms with van der Waals surface area (Å²) in [6.45, 7) is 9.10. The van der Waals surface area contributed by atoms with E-state index in [1.54, 1.807) is 0 Å². The molecule has 4 aromatic rings. The summed E-state index contributed by atoms with van der Waals surface area (Å²) >= 11 is 0. The molecule has 0 heterocycles. The van der Waals surface area contributed by atoms with Crippen molar-refractivity contribution in [2.24, 2.45) is 0 Å². The predicted molar refractivity (Wildman–Crippen MR) is 189 cm³/mol. The zero-order valence-electron chi connectivity index (χ0n) is 31.7. The molecule has 0 saturated heterocycles. The maximum absolute atomic E-state index is 16.0. The van der Waals surface area contributed by atoms with Gasteiger partial charge in [0.25, 0.3) is 0 Å². The van der Waals surface area contributed by atoms with Crippen LogP contribution in [0.4, 0.5) is 52.7 Å². The lowest BCUT2D eigenvalue weighted by Gasteiger charge is -2.44. The SMILES string of the molecule is CCCCCCCCCC(c1c(OB(Oc2cc(F)c(F)c(F)c2)Oc2cc(F)c(F)c(F)c2)cc(F)c(F)c1F)[N+](CC)(CC)CC.Fc1c[c-]cc(F)c1F. The third-order valence-electron chi connectivity index (χ3n) is 9.57. The molecule has 1 unspecified atom stereocenters. The van der Waals surface area contributed by atoms with Gasteiger partial charge in [-0.25, -0.2) is 43.9 Å². The molecule has 0 aliphatic rings. The predicted octanol–water partition coefficient (Wildman–Crippen LogP) is 12.4. The molecule has 0 N–H and O–H groups in total. The maximum atomic E-state index is 16.0. The molecule has 0 aliphatic heterocycles. The van der Waals surface area contributed by atoms with Crippen LogP contribution in [-0.2, 0) is 0 Å². The van der Waals surface area contributed by atoms with Crippen molar-refractivity contribution in [1.82, 2.24) is 0 Å². The summed E-state index contributed by atoms with van der Waals surface area (Å²) in [4.78, 5) is 0. The minimum atomic E-state index is -2.33. The molecule has 4 nitrogen and oxygen atoms in total. The second kappa shape index (κ2) is 21.8. The van der Waals surface area contributed by atoms with Gasteiger partial charge < -0.3 is 18.4 Å². The number of halogens is 12. The van der Waals surface area contributed by atoms with Crippen molar-refractivity contribution in [3.8, 4) is 17.2 Å². The highest BCUT2D eigenvalue weighted by Gasteiger charge is 2.42. The van der Waals surface area contributed by atoms with Gasteiger partial charge in [0.2, 0.25) is 0 Å². The van der Waals surface area contributed by atoms with Crippen LogP contribution in [0, 0.1) is 75.9 Å². The molecule has 4 aromatic carbocycles. The largest absolute Gasteiger partial charge is 0.864 e. The Hall–Kier alpha value is -4.54. The fourth-order valence-electron chi connectivity index (χ4n) is 6.34. The molecule has 0 amide bonds. The van der Waals surface area contributed by atoms with Crippen LogP contribution in [0.3, 0.4) is 0 Å². The van der Waals surface area contributed by atoms with Gasteiger partial charge in [-0.15, -0.1) is 12.1 Å². The van der Waals surface area contributed by atoms with Crippen molar-refractivity contribution in [3.63, 3.8) is 0 Å². The molecule has 0 radical (unpaired) electrons. The first-order valence-electron chi connectivity index (χ1n) is 18.4. The zero-order valence-corrected chi connectivity index (χ0v) is 31.7. The molecule has 0 bridgehead atoms. The molecule has 1 atom stereocenters. The van der Waals surface area contributed by atoms with Crippen LogP contribution < -0.4 is 14.0 Å². The van der Waals surface area contributed by atoms with Crippen LogP contribution in [0.5, 0.6) is 17.2 Å². The maximum Gasteiger partial charge on any atom is 0.864 e. The van der Waals surface area contributed by atoms with Crippen molar-refractivity contribution >= 4 is 7.32 Å². The molecule has 0 spiro atoms. The smallest absolute Gasteiger partial charge is 0.489 e. The van der Waals surface area contributed by atoms with Gasteiger partial charge in [-0.3, -0.25) is 8.78 Å². The number of hydrogen-bond acceptors (Lipinski definition) is 3. The number of hydrogen-bond donors (Lipinski definition) is 0. The van der Waals surface area contributed by atoms with E-state index in [0.29, 0.717) is 62.8 Å². The molecular weight excluding hydrogens is 781 g/mol. The number of unbranched alkanes of at least 4 members (excludes halogenated alkanes) is 6. The third kappa shape index (κ3) is 12.2. The van der Waals surface area contributed by atoms with E-state index in [-0.39, 0.29) is 10.0 Å². The number of nitrogens with zero attached hydrogens (tertiary/aromatic N) is 1. The molecule has 0 saturated carbocycles. The average molecular weight is 824 g/mol. The summed E-state index contributed by atoms with van der Waals surface area (Å²) in [6.07, 6.45) is 6.90. The Morgan fingerprint density at radius 3 is 1.32 bits per heavy atom. The van der Waals surface area contributed by atoms with Gasteiger partial charge in [-0.05, 0) is 27.2 Å². The zero-order chi connectivity index (χ0) is 42.4. The van der Waals surface area contributed by atoms with Crippen molar-refractivity contribution < 1.29 is 71.1 Å². The highest BCUT2D eigenvalue weighted by molar-refractivity contribution is 6.39. The van der Waals surface area contributed by atoms with E-state index in [2.05, 4.69) is 13.0 Å². The van der Waals surface area contributed by atoms with E-state index in [4.69, 9.17) is 14.0 Å². The van der Waals surface area contributed by atoms with Crippen molar-refractivity contribution in [2.45, 2.75) is 85.1 Å². The monoisotopic (exact) mass is 823 g/mol.